The van der Waals surface area contributed by atoms with Gasteiger partial charge < -0.3 is 10.1 Å². The van der Waals surface area contributed by atoms with E-state index < -0.39 is 0 Å². The summed E-state index contributed by atoms with van der Waals surface area (Å²) in [5.41, 5.74) is 1.09. The van der Waals surface area contributed by atoms with Crippen LogP contribution in [0, 0.1) is 0 Å². The van der Waals surface area contributed by atoms with E-state index in [4.69, 9.17) is 4.74 Å². The largest absolute Gasteiger partial charge is 0.447 e. The Hall–Kier alpha value is -1.16. The van der Waals surface area contributed by atoms with E-state index in [1.54, 1.807) is 11.8 Å². The van der Waals surface area contributed by atoms with Crippen LogP contribution in [-0.2, 0) is 4.74 Å². The summed E-state index contributed by atoms with van der Waals surface area (Å²) < 4.78 is 4.82. The molecule has 1 aromatic rings. The Morgan fingerprint density at radius 3 is 2.64 bits per heavy atom. The molecule has 4 heteroatoms. The zero-order valence-electron chi connectivity index (χ0n) is 7.82. The van der Waals surface area contributed by atoms with Gasteiger partial charge in [-0.2, -0.15) is 0 Å². The van der Waals surface area contributed by atoms with E-state index in [9.17, 15) is 4.79 Å². The van der Waals surface area contributed by atoms with Crippen molar-refractivity contribution in [2.75, 3.05) is 12.9 Å². The van der Waals surface area contributed by atoms with Crippen LogP contribution in [0.4, 0.5) is 4.79 Å². The molecule has 2 rings (SSSR count). The van der Waals surface area contributed by atoms with E-state index in [0.717, 1.165) is 5.56 Å². The monoisotopic (exact) mass is 209 g/mol. The molecule has 74 valence electrons. The predicted molar refractivity (Wildman–Crippen MR) is 55.4 cm³/mol. The lowest BCUT2D eigenvalue weighted by molar-refractivity contribution is 0.177. The van der Waals surface area contributed by atoms with Crippen LogP contribution in [0.5, 0.6) is 0 Å². The number of amides is 1. The second-order valence-corrected chi connectivity index (χ2v) is 3.95. The highest BCUT2D eigenvalue weighted by atomic mass is 32.2. The van der Waals surface area contributed by atoms with Gasteiger partial charge in [0, 0.05) is 4.90 Å². The number of cyclic esters (lactones) is 1. The van der Waals surface area contributed by atoms with Crippen LogP contribution < -0.4 is 5.32 Å². The fourth-order valence-corrected chi connectivity index (χ4v) is 1.81. The lowest BCUT2D eigenvalue weighted by Crippen LogP contribution is -2.18. The van der Waals surface area contributed by atoms with Gasteiger partial charge in [-0.05, 0) is 24.0 Å². The van der Waals surface area contributed by atoms with E-state index >= 15 is 0 Å². The number of benzene rings is 1. The number of ether oxygens (including phenoxy) is 1. The van der Waals surface area contributed by atoms with E-state index in [2.05, 4.69) is 5.32 Å². The van der Waals surface area contributed by atoms with E-state index in [1.807, 2.05) is 30.5 Å². The molecule has 1 aliphatic heterocycles. The topological polar surface area (TPSA) is 38.3 Å². The molecule has 1 aromatic carbocycles. The number of rotatable bonds is 2. The number of hydrogen-bond donors (Lipinski definition) is 1. The maximum absolute atomic E-state index is 10.8. The Bertz CT molecular complexity index is 336. The summed E-state index contributed by atoms with van der Waals surface area (Å²) in [6.45, 7) is 0.428. The molecule has 0 unspecified atom stereocenters. The number of hydrogen-bond acceptors (Lipinski definition) is 3. The van der Waals surface area contributed by atoms with Gasteiger partial charge in [0.2, 0.25) is 0 Å². The first-order chi connectivity index (χ1) is 6.79. The molecule has 1 atom stereocenters. The van der Waals surface area contributed by atoms with Crippen molar-refractivity contribution in [3.8, 4) is 0 Å². The second kappa shape index (κ2) is 3.92. The first-order valence-electron chi connectivity index (χ1n) is 4.37. The van der Waals surface area contributed by atoms with E-state index in [0.29, 0.717) is 6.61 Å². The average Bonchev–Trinajstić information content (AvgIpc) is 2.65. The minimum atomic E-state index is -0.330. The quantitative estimate of drug-likeness (QED) is 0.759. The Morgan fingerprint density at radius 1 is 1.43 bits per heavy atom. The molecule has 0 bridgehead atoms. The first kappa shape index (κ1) is 9.40. The molecule has 0 radical (unpaired) electrons. The highest BCUT2D eigenvalue weighted by Crippen LogP contribution is 2.21. The second-order valence-electron chi connectivity index (χ2n) is 3.07. The highest BCUT2D eigenvalue weighted by Gasteiger charge is 2.23. The molecule has 14 heavy (non-hydrogen) atoms. The zero-order valence-corrected chi connectivity index (χ0v) is 8.64. The number of nitrogens with one attached hydrogen (secondary N) is 1. The van der Waals surface area contributed by atoms with Crippen molar-refractivity contribution in [2.45, 2.75) is 10.9 Å². The summed E-state index contributed by atoms with van der Waals surface area (Å²) in [5, 5.41) is 2.74. The Morgan fingerprint density at radius 2 is 2.14 bits per heavy atom. The van der Waals surface area contributed by atoms with Gasteiger partial charge in [-0.25, -0.2) is 4.79 Å². The molecule has 0 spiro atoms. The molecular formula is C10H11NO2S. The Kier molecular flexibility index (Phi) is 2.63. The van der Waals surface area contributed by atoms with Gasteiger partial charge in [-0.3, -0.25) is 0 Å². The van der Waals surface area contributed by atoms with Crippen molar-refractivity contribution >= 4 is 17.9 Å². The fraction of sp³-hybridized carbons (Fsp3) is 0.300. The average molecular weight is 209 g/mol. The summed E-state index contributed by atoms with van der Waals surface area (Å²) in [6.07, 6.45) is 1.71. The molecule has 3 nitrogen and oxygen atoms in total. The Labute approximate surface area is 86.8 Å². The lowest BCUT2D eigenvalue weighted by Gasteiger charge is -2.07. The molecule has 1 aliphatic rings. The minimum Gasteiger partial charge on any atom is -0.447 e. The maximum Gasteiger partial charge on any atom is 0.407 e. The fourth-order valence-electron chi connectivity index (χ4n) is 1.40. The van der Waals surface area contributed by atoms with Crippen LogP contribution in [0.1, 0.15) is 11.6 Å². The molecule has 1 saturated heterocycles. The third-order valence-corrected chi connectivity index (χ3v) is 2.93. The zero-order chi connectivity index (χ0) is 9.97. The van der Waals surface area contributed by atoms with Gasteiger partial charge in [-0.15, -0.1) is 11.8 Å². The number of carbonyl (C=O) groups is 1. The van der Waals surface area contributed by atoms with Crippen molar-refractivity contribution in [3.63, 3.8) is 0 Å². The van der Waals surface area contributed by atoms with Gasteiger partial charge in [0.15, 0.2) is 0 Å². The van der Waals surface area contributed by atoms with Gasteiger partial charge in [-0.1, -0.05) is 12.1 Å². The van der Waals surface area contributed by atoms with Crippen molar-refractivity contribution in [1.29, 1.82) is 0 Å². The summed E-state index contributed by atoms with van der Waals surface area (Å²) in [4.78, 5) is 12.0. The SMILES string of the molecule is CSc1ccc([C@@H]2COC(=O)N2)cc1. The van der Waals surface area contributed by atoms with Crippen LogP contribution in [0.2, 0.25) is 0 Å². The van der Waals surface area contributed by atoms with Crippen LogP contribution in [0.3, 0.4) is 0 Å². The predicted octanol–water partition coefficient (Wildman–Crippen LogP) is 2.19. The first-order valence-corrected chi connectivity index (χ1v) is 5.59. The minimum absolute atomic E-state index is 0.0124. The van der Waals surface area contributed by atoms with E-state index in [-0.39, 0.29) is 12.1 Å². The maximum atomic E-state index is 10.8. The molecule has 1 N–H and O–H groups in total. The van der Waals surface area contributed by atoms with Crippen LogP contribution in [0.25, 0.3) is 0 Å². The van der Waals surface area contributed by atoms with Gasteiger partial charge in [0.1, 0.15) is 6.61 Å². The number of thioether (sulfide) groups is 1. The molecule has 0 aromatic heterocycles. The van der Waals surface area contributed by atoms with Crippen molar-refractivity contribution in [1.82, 2.24) is 5.32 Å². The van der Waals surface area contributed by atoms with E-state index in [1.165, 1.54) is 4.90 Å². The molecule has 1 heterocycles. The van der Waals surface area contributed by atoms with Gasteiger partial charge in [0.25, 0.3) is 0 Å². The molecule has 0 aliphatic carbocycles. The van der Waals surface area contributed by atoms with Crippen molar-refractivity contribution in [3.05, 3.63) is 29.8 Å². The van der Waals surface area contributed by atoms with Gasteiger partial charge in [0.05, 0.1) is 6.04 Å². The van der Waals surface area contributed by atoms with Crippen molar-refractivity contribution < 1.29 is 9.53 Å². The standard InChI is InChI=1S/C10H11NO2S/c1-14-8-4-2-7(3-5-8)9-6-13-10(12)11-9/h2-5,9H,6H2,1H3,(H,11,12)/t9-/m0/s1. The van der Waals surface area contributed by atoms with Crippen LogP contribution >= 0.6 is 11.8 Å². The molecule has 1 fully saturated rings. The highest BCUT2D eigenvalue weighted by molar-refractivity contribution is 7.98. The normalized spacial score (nSPS) is 20.4. The van der Waals surface area contributed by atoms with Crippen molar-refractivity contribution in [2.24, 2.45) is 0 Å². The van der Waals surface area contributed by atoms with Crippen LogP contribution in [-0.4, -0.2) is 19.0 Å². The molecule has 1 amide bonds. The van der Waals surface area contributed by atoms with Crippen LogP contribution in [0.15, 0.2) is 29.2 Å². The third-order valence-electron chi connectivity index (χ3n) is 2.19. The molecule has 0 saturated carbocycles. The third kappa shape index (κ3) is 1.85. The van der Waals surface area contributed by atoms with Gasteiger partial charge >= 0.3 is 6.09 Å². The number of carbonyl (C=O) groups excluding carboxylic acids is 1. The summed E-state index contributed by atoms with van der Waals surface area (Å²) in [5.74, 6) is 0. The smallest absolute Gasteiger partial charge is 0.407 e. The summed E-state index contributed by atoms with van der Waals surface area (Å²) >= 11 is 1.70. The summed E-state index contributed by atoms with van der Waals surface area (Å²) in [7, 11) is 0. The summed E-state index contributed by atoms with van der Waals surface area (Å²) in [6, 6.07) is 8.14. The Balaban J connectivity index is 2.13. The lowest BCUT2D eigenvalue weighted by atomic mass is 10.1. The number of alkyl carbamates (subject to hydrolysis) is 1. The molecular weight excluding hydrogens is 198 g/mol.